The molecule has 0 bridgehead atoms. The Labute approximate surface area is 81.5 Å². The Balaban J connectivity index is 3.19. The topological polar surface area (TPSA) is 43.1 Å². The van der Waals surface area contributed by atoms with E-state index in [9.17, 15) is 10.1 Å². The van der Waals surface area contributed by atoms with Gasteiger partial charge in [-0.15, -0.1) is 0 Å². The van der Waals surface area contributed by atoms with Crippen molar-refractivity contribution in [1.82, 2.24) is 0 Å². The Bertz CT molecular complexity index is 336. The van der Waals surface area contributed by atoms with Gasteiger partial charge in [-0.1, -0.05) is 18.5 Å². The molecule has 0 N–H and O–H groups in total. The highest BCUT2D eigenvalue weighted by Crippen LogP contribution is 2.25. The molecule has 1 radical (unpaired) electrons. The molecule has 13 heavy (non-hydrogen) atoms. The third kappa shape index (κ3) is 2.42. The fourth-order valence-corrected chi connectivity index (χ4v) is 1.22. The quantitative estimate of drug-likeness (QED) is 0.541. The molecule has 69 valence electrons. The predicted octanol–water partition coefficient (Wildman–Crippen LogP) is 3.19. The Hall–Kier alpha value is -1.09. The second kappa shape index (κ2) is 3.75. The van der Waals surface area contributed by atoms with Crippen molar-refractivity contribution in [2.45, 2.75) is 12.8 Å². The third-order valence-electron chi connectivity index (χ3n) is 1.68. The number of non-ortho nitro benzene ring substituents is 1. The van der Waals surface area contributed by atoms with Crippen LogP contribution in [0.4, 0.5) is 5.69 Å². The van der Waals surface area contributed by atoms with E-state index >= 15 is 0 Å². The summed E-state index contributed by atoms with van der Waals surface area (Å²) >= 11 is 5.71. The van der Waals surface area contributed by atoms with Crippen molar-refractivity contribution in [2.24, 2.45) is 0 Å². The van der Waals surface area contributed by atoms with E-state index in [1.807, 2.05) is 6.92 Å². The number of rotatable bonds is 2. The zero-order valence-corrected chi connectivity index (χ0v) is 7.91. The molecule has 0 aliphatic heterocycles. The van der Waals surface area contributed by atoms with E-state index in [-0.39, 0.29) is 11.6 Å². The smallest absolute Gasteiger partial charge is 0.258 e. The van der Waals surface area contributed by atoms with Crippen molar-refractivity contribution in [1.29, 1.82) is 0 Å². The molecule has 0 saturated carbocycles. The van der Waals surface area contributed by atoms with Gasteiger partial charge in [-0.05, 0) is 24.5 Å². The highest BCUT2D eigenvalue weighted by atomic mass is 35.5. The van der Waals surface area contributed by atoms with Crippen molar-refractivity contribution in [3.8, 4) is 0 Å². The summed E-state index contributed by atoms with van der Waals surface area (Å²) in [5.74, 6) is -0.00241. The summed E-state index contributed by atoms with van der Waals surface area (Å²) in [6.07, 6.45) is 0. The summed E-state index contributed by atoms with van der Waals surface area (Å²) in [6.45, 7) is 5.63. The maximum absolute atomic E-state index is 10.5. The zero-order chi connectivity index (χ0) is 10.0. The van der Waals surface area contributed by atoms with Crippen LogP contribution in [0.2, 0.25) is 5.02 Å². The lowest BCUT2D eigenvalue weighted by Crippen LogP contribution is -1.92. The molecule has 1 rings (SSSR count). The van der Waals surface area contributed by atoms with Crippen molar-refractivity contribution < 1.29 is 4.92 Å². The minimum absolute atomic E-state index is 0.00241. The lowest BCUT2D eigenvalue weighted by atomic mass is 10.0. The van der Waals surface area contributed by atoms with Crippen molar-refractivity contribution >= 4 is 17.3 Å². The molecule has 1 unspecified atom stereocenters. The fourth-order valence-electron chi connectivity index (χ4n) is 0.986. The van der Waals surface area contributed by atoms with Crippen LogP contribution < -0.4 is 0 Å². The molecule has 0 fully saturated rings. The first kappa shape index (κ1) is 9.99. The van der Waals surface area contributed by atoms with Crippen molar-refractivity contribution in [3.05, 3.63) is 45.8 Å². The van der Waals surface area contributed by atoms with Gasteiger partial charge < -0.3 is 0 Å². The van der Waals surface area contributed by atoms with E-state index < -0.39 is 4.92 Å². The summed E-state index contributed by atoms with van der Waals surface area (Å²) in [7, 11) is 0. The molecule has 4 heteroatoms. The fraction of sp³-hybridized carbons (Fsp3) is 0.222. The Morgan fingerprint density at radius 3 is 2.62 bits per heavy atom. The molecular formula is C9H9ClNO2. The normalized spacial score (nSPS) is 10.5. The molecule has 1 atom stereocenters. The molecule has 0 amide bonds. The number of nitro benzene ring substituents is 1. The standard InChI is InChI=1S/C9H9ClNO2/c1-6(2)7-3-8(10)5-9(4-7)11(12)13/h3-6H,1H2,2H3. The lowest BCUT2D eigenvalue weighted by Gasteiger charge is -2.04. The third-order valence-corrected chi connectivity index (χ3v) is 1.90. The maximum atomic E-state index is 10.5. The van der Waals surface area contributed by atoms with Crippen LogP contribution in [-0.4, -0.2) is 4.92 Å². The summed E-state index contributed by atoms with van der Waals surface area (Å²) in [4.78, 5) is 9.99. The maximum Gasteiger partial charge on any atom is 0.271 e. The van der Waals surface area contributed by atoms with Gasteiger partial charge in [-0.25, -0.2) is 0 Å². The van der Waals surface area contributed by atoms with Crippen LogP contribution >= 0.6 is 11.6 Å². The van der Waals surface area contributed by atoms with Gasteiger partial charge in [0.1, 0.15) is 0 Å². The Morgan fingerprint density at radius 2 is 2.15 bits per heavy atom. The second-order valence-electron chi connectivity index (χ2n) is 2.90. The molecule has 1 aromatic carbocycles. The van der Waals surface area contributed by atoms with E-state index in [0.29, 0.717) is 5.02 Å². The first-order valence-electron chi connectivity index (χ1n) is 3.78. The van der Waals surface area contributed by atoms with Gasteiger partial charge in [0.05, 0.1) is 4.92 Å². The first-order chi connectivity index (χ1) is 6.00. The molecule has 1 aromatic rings. The second-order valence-corrected chi connectivity index (χ2v) is 3.34. The zero-order valence-electron chi connectivity index (χ0n) is 7.16. The molecule has 0 aromatic heterocycles. The van der Waals surface area contributed by atoms with Gasteiger partial charge in [0.25, 0.3) is 5.69 Å². The number of nitro groups is 1. The van der Waals surface area contributed by atoms with Crippen LogP contribution in [0, 0.1) is 17.0 Å². The van der Waals surface area contributed by atoms with Crippen molar-refractivity contribution in [2.75, 3.05) is 0 Å². The number of hydrogen-bond acceptors (Lipinski definition) is 2. The van der Waals surface area contributed by atoms with Crippen LogP contribution in [0.25, 0.3) is 0 Å². The van der Waals surface area contributed by atoms with Gasteiger partial charge in [-0.3, -0.25) is 10.1 Å². The molecule has 3 nitrogen and oxygen atoms in total. The van der Waals surface area contributed by atoms with Crippen LogP contribution in [0.1, 0.15) is 18.4 Å². The summed E-state index contributed by atoms with van der Waals surface area (Å²) in [5.41, 5.74) is 0.789. The van der Waals surface area contributed by atoms with Gasteiger partial charge in [0.2, 0.25) is 0 Å². The monoisotopic (exact) mass is 198 g/mol. The van der Waals surface area contributed by atoms with Crippen molar-refractivity contribution in [3.63, 3.8) is 0 Å². The van der Waals surface area contributed by atoms with Gasteiger partial charge in [-0.2, -0.15) is 0 Å². The van der Waals surface area contributed by atoms with Crippen LogP contribution in [-0.2, 0) is 0 Å². The number of benzene rings is 1. The Kier molecular flexibility index (Phi) is 2.88. The largest absolute Gasteiger partial charge is 0.271 e. The number of halogens is 1. The SMILES string of the molecule is [CH2]C(C)c1cc(Cl)cc([N+](=O)[O-])c1. The number of hydrogen-bond donors (Lipinski definition) is 0. The highest BCUT2D eigenvalue weighted by Gasteiger charge is 2.10. The molecule has 0 heterocycles. The van der Waals surface area contributed by atoms with E-state index in [2.05, 4.69) is 6.92 Å². The van der Waals surface area contributed by atoms with E-state index in [1.54, 1.807) is 6.07 Å². The molecule has 0 aliphatic carbocycles. The molecule has 0 spiro atoms. The van der Waals surface area contributed by atoms with Crippen LogP contribution in [0.3, 0.4) is 0 Å². The summed E-state index contributed by atoms with van der Waals surface area (Å²) < 4.78 is 0. The average molecular weight is 199 g/mol. The minimum Gasteiger partial charge on any atom is -0.258 e. The number of nitrogens with zero attached hydrogens (tertiary/aromatic N) is 1. The highest BCUT2D eigenvalue weighted by molar-refractivity contribution is 6.30. The van der Waals surface area contributed by atoms with E-state index in [1.165, 1.54) is 12.1 Å². The first-order valence-corrected chi connectivity index (χ1v) is 4.16. The van der Waals surface area contributed by atoms with Gasteiger partial charge in [0, 0.05) is 17.2 Å². The Morgan fingerprint density at radius 1 is 1.54 bits per heavy atom. The lowest BCUT2D eigenvalue weighted by molar-refractivity contribution is -0.384. The summed E-state index contributed by atoms with van der Waals surface area (Å²) in [6, 6.07) is 4.50. The molecular weight excluding hydrogens is 190 g/mol. The van der Waals surface area contributed by atoms with E-state index in [4.69, 9.17) is 11.6 Å². The van der Waals surface area contributed by atoms with Crippen LogP contribution in [0.15, 0.2) is 18.2 Å². The van der Waals surface area contributed by atoms with E-state index in [0.717, 1.165) is 5.56 Å². The molecule has 0 aliphatic rings. The summed E-state index contributed by atoms with van der Waals surface area (Å²) in [5, 5.41) is 10.8. The van der Waals surface area contributed by atoms with Gasteiger partial charge in [0.15, 0.2) is 0 Å². The van der Waals surface area contributed by atoms with Crippen LogP contribution in [0.5, 0.6) is 0 Å². The molecule has 0 saturated heterocycles. The van der Waals surface area contributed by atoms with Gasteiger partial charge >= 0.3 is 0 Å². The predicted molar refractivity (Wildman–Crippen MR) is 51.9 cm³/mol. The minimum atomic E-state index is -0.461. The average Bonchev–Trinajstić information content (AvgIpc) is 2.03.